The van der Waals surface area contributed by atoms with Crippen LogP contribution in [0.3, 0.4) is 0 Å². The van der Waals surface area contributed by atoms with Crippen molar-refractivity contribution in [3.8, 4) is 0 Å². The van der Waals surface area contributed by atoms with E-state index in [1.54, 1.807) is 6.20 Å². The normalized spacial score (nSPS) is 10.9. The molecule has 0 saturated heterocycles. The molecule has 0 radical (unpaired) electrons. The van der Waals surface area contributed by atoms with Crippen LogP contribution in [0.2, 0.25) is 0 Å². The molecule has 0 aliphatic carbocycles. The van der Waals surface area contributed by atoms with E-state index in [1.807, 2.05) is 38.1 Å². The molecule has 0 aliphatic rings. The fourth-order valence-electron chi connectivity index (χ4n) is 2.38. The zero-order valence-electron chi connectivity index (χ0n) is 14.3. The van der Waals surface area contributed by atoms with Gasteiger partial charge in [-0.2, -0.15) is 0 Å². The van der Waals surface area contributed by atoms with Crippen LogP contribution < -0.4 is 10.6 Å². The van der Waals surface area contributed by atoms with Crippen LogP contribution in [-0.2, 0) is 4.79 Å². The third-order valence-electron chi connectivity index (χ3n) is 3.49. The Balaban J connectivity index is 2.05. The predicted octanol–water partition coefficient (Wildman–Crippen LogP) is 4.93. The highest BCUT2D eigenvalue weighted by Gasteiger charge is 2.08. The molecule has 2 aromatic rings. The van der Waals surface area contributed by atoms with Gasteiger partial charge in [0.2, 0.25) is 5.91 Å². The van der Waals surface area contributed by atoms with Crippen molar-refractivity contribution in [1.82, 2.24) is 4.98 Å². The van der Waals surface area contributed by atoms with E-state index in [9.17, 15) is 4.79 Å². The molecule has 2 rings (SSSR count). The molecule has 0 bridgehead atoms. The van der Waals surface area contributed by atoms with Gasteiger partial charge in [0, 0.05) is 12.1 Å². The van der Waals surface area contributed by atoms with Crippen molar-refractivity contribution < 1.29 is 4.79 Å². The molecule has 23 heavy (non-hydrogen) atoms. The lowest BCUT2D eigenvalue weighted by Gasteiger charge is -2.14. The smallest absolute Gasteiger partial charge is 0.225 e. The van der Waals surface area contributed by atoms with Crippen molar-refractivity contribution in [3.63, 3.8) is 0 Å². The minimum atomic E-state index is -0.00152. The Morgan fingerprint density at radius 3 is 2.43 bits per heavy atom. The van der Waals surface area contributed by atoms with E-state index in [0.29, 0.717) is 24.1 Å². The lowest BCUT2D eigenvalue weighted by Crippen LogP contribution is -2.14. The predicted molar refractivity (Wildman–Crippen MR) is 96.1 cm³/mol. The van der Waals surface area contributed by atoms with Gasteiger partial charge >= 0.3 is 0 Å². The van der Waals surface area contributed by atoms with E-state index in [4.69, 9.17) is 0 Å². The summed E-state index contributed by atoms with van der Waals surface area (Å²) in [5.41, 5.74) is 3.25. The summed E-state index contributed by atoms with van der Waals surface area (Å²) >= 11 is 0. The van der Waals surface area contributed by atoms with Crippen molar-refractivity contribution in [2.45, 2.75) is 40.0 Å². The number of amides is 1. The molecule has 1 aromatic heterocycles. The van der Waals surface area contributed by atoms with E-state index in [2.05, 4.69) is 41.6 Å². The summed E-state index contributed by atoms with van der Waals surface area (Å²) in [6, 6.07) is 12.0. The lowest BCUT2D eigenvalue weighted by molar-refractivity contribution is -0.116. The summed E-state index contributed by atoms with van der Waals surface area (Å²) in [6.07, 6.45) is 2.24. The number of nitrogens with one attached hydrogen (secondary N) is 2. The quantitative estimate of drug-likeness (QED) is 0.795. The van der Waals surface area contributed by atoms with Crippen molar-refractivity contribution in [2.24, 2.45) is 5.92 Å². The molecule has 0 saturated carbocycles. The van der Waals surface area contributed by atoms with Crippen LogP contribution in [0.25, 0.3) is 0 Å². The molecule has 1 aromatic carbocycles. The first kappa shape index (κ1) is 17.0. The molecule has 0 spiro atoms. The Morgan fingerprint density at radius 1 is 1.09 bits per heavy atom. The van der Waals surface area contributed by atoms with Crippen molar-refractivity contribution in [2.75, 3.05) is 10.6 Å². The molecular formula is C19H25N3O. The second kappa shape index (κ2) is 7.77. The van der Waals surface area contributed by atoms with Gasteiger partial charge < -0.3 is 10.6 Å². The number of anilines is 3. The number of benzene rings is 1. The van der Waals surface area contributed by atoms with Crippen LogP contribution in [-0.4, -0.2) is 10.9 Å². The van der Waals surface area contributed by atoms with Crippen molar-refractivity contribution in [1.29, 1.82) is 0 Å². The van der Waals surface area contributed by atoms with Gasteiger partial charge in [0.05, 0.1) is 11.9 Å². The van der Waals surface area contributed by atoms with Gasteiger partial charge in [-0.1, -0.05) is 45.9 Å². The molecule has 0 aliphatic heterocycles. The Labute approximate surface area is 138 Å². The minimum Gasteiger partial charge on any atom is -0.354 e. The van der Waals surface area contributed by atoms with Gasteiger partial charge in [-0.05, 0) is 35.6 Å². The summed E-state index contributed by atoms with van der Waals surface area (Å²) in [5.74, 6) is 1.36. The number of aromatic nitrogens is 1. The molecule has 0 atom stereocenters. The van der Waals surface area contributed by atoms with Gasteiger partial charge in [0.15, 0.2) is 0 Å². The van der Waals surface area contributed by atoms with Gasteiger partial charge in [0.25, 0.3) is 0 Å². The highest BCUT2D eigenvalue weighted by atomic mass is 16.1. The number of para-hydroxylation sites is 1. The molecule has 0 unspecified atom stereocenters. The van der Waals surface area contributed by atoms with Gasteiger partial charge in [-0.3, -0.25) is 4.79 Å². The topological polar surface area (TPSA) is 54.0 Å². The fourth-order valence-corrected chi connectivity index (χ4v) is 2.38. The van der Waals surface area contributed by atoms with Gasteiger partial charge in [0.1, 0.15) is 5.82 Å². The first-order chi connectivity index (χ1) is 11.0. The van der Waals surface area contributed by atoms with Crippen LogP contribution >= 0.6 is 0 Å². The van der Waals surface area contributed by atoms with Crippen molar-refractivity contribution in [3.05, 3.63) is 48.2 Å². The number of carbonyl (C=O) groups is 1. The van der Waals surface area contributed by atoms with Crippen LogP contribution in [0, 0.1) is 5.92 Å². The maximum atomic E-state index is 11.8. The lowest BCUT2D eigenvalue weighted by atomic mass is 10.0. The molecule has 4 heteroatoms. The summed E-state index contributed by atoms with van der Waals surface area (Å²) in [4.78, 5) is 16.1. The van der Waals surface area contributed by atoms with E-state index in [-0.39, 0.29) is 5.91 Å². The molecular weight excluding hydrogens is 286 g/mol. The molecule has 2 N–H and O–H groups in total. The largest absolute Gasteiger partial charge is 0.354 e. The van der Waals surface area contributed by atoms with E-state index >= 15 is 0 Å². The summed E-state index contributed by atoms with van der Waals surface area (Å²) < 4.78 is 0. The third kappa shape index (κ3) is 5.09. The number of carbonyl (C=O) groups excluding carboxylic acids is 1. The summed E-state index contributed by atoms with van der Waals surface area (Å²) in [5, 5.41) is 6.21. The maximum absolute atomic E-state index is 11.8. The second-order valence-corrected chi connectivity index (χ2v) is 6.45. The second-order valence-electron chi connectivity index (χ2n) is 6.45. The monoisotopic (exact) mass is 311 g/mol. The van der Waals surface area contributed by atoms with E-state index in [0.717, 1.165) is 11.4 Å². The Bertz CT molecular complexity index is 648. The number of hydrogen-bond donors (Lipinski definition) is 2. The van der Waals surface area contributed by atoms with E-state index in [1.165, 1.54) is 5.56 Å². The molecule has 1 heterocycles. The maximum Gasteiger partial charge on any atom is 0.225 e. The van der Waals surface area contributed by atoms with Crippen LogP contribution in [0.5, 0.6) is 0 Å². The van der Waals surface area contributed by atoms with Gasteiger partial charge in [-0.15, -0.1) is 0 Å². The zero-order valence-corrected chi connectivity index (χ0v) is 14.3. The fraction of sp³-hybridized carbons (Fsp3) is 0.368. The number of nitrogens with zero attached hydrogens (tertiary/aromatic N) is 1. The summed E-state index contributed by atoms with van der Waals surface area (Å²) in [6.45, 7) is 8.39. The minimum absolute atomic E-state index is 0.00152. The average molecular weight is 311 g/mol. The highest BCUT2D eigenvalue weighted by Crippen LogP contribution is 2.26. The molecule has 1 amide bonds. The number of pyridine rings is 1. The van der Waals surface area contributed by atoms with Crippen LogP contribution in [0.4, 0.5) is 17.2 Å². The first-order valence-corrected chi connectivity index (χ1v) is 8.07. The van der Waals surface area contributed by atoms with E-state index < -0.39 is 0 Å². The first-order valence-electron chi connectivity index (χ1n) is 8.07. The van der Waals surface area contributed by atoms with Crippen LogP contribution in [0.15, 0.2) is 42.6 Å². The Morgan fingerprint density at radius 2 is 1.83 bits per heavy atom. The Hall–Kier alpha value is -2.36. The zero-order chi connectivity index (χ0) is 16.8. The molecule has 0 fully saturated rings. The van der Waals surface area contributed by atoms with Gasteiger partial charge in [-0.25, -0.2) is 4.98 Å². The average Bonchev–Trinajstić information content (AvgIpc) is 2.48. The number of rotatable bonds is 6. The van der Waals surface area contributed by atoms with Crippen molar-refractivity contribution >= 4 is 23.1 Å². The standard InChI is InChI=1S/C19H25N3O/c1-13(2)11-19(23)22-18-10-9-15(12-20-18)21-17-8-6-5-7-16(17)14(3)4/h5-10,12-14,21H,11H2,1-4H3,(H,20,22,23). The SMILES string of the molecule is CC(C)CC(=O)Nc1ccc(Nc2ccccc2C(C)C)cn1. The third-order valence-corrected chi connectivity index (χ3v) is 3.49. The molecule has 122 valence electrons. The number of hydrogen-bond acceptors (Lipinski definition) is 3. The Kier molecular flexibility index (Phi) is 5.74. The van der Waals surface area contributed by atoms with Crippen LogP contribution in [0.1, 0.15) is 45.6 Å². The highest BCUT2D eigenvalue weighted by molar-refractivity contribution is 5.89. The summed E-state index contributed by atoms with van der Waals surface area (Å²) in [7, 11) is 0. The molecule has 4 nitrogen and oxygen atoms in total.